The van der Waals surface area contributed by atoms with Gasteiger partial charge in [0.1, 0.15) is 24.6 Å². The molecule has 4 N–H and O–H groups in total. The number of hydrogen-bond acceptors (Lipinski definition) is 8. The van der Waals surface area contributed by atoms with Gasteiger partial charge < -0.3 is 25.4 Å². The number of nitrogens with zero attached hydrogens (tertiary/aromatic N) is 2. The molecule has 2 rings (SSSR count). The van der Waals surface area contributed by atoms with Gasteiger partial charge in [0.25, 0.3) is 0 Å². The normalized spacial score (nSPS) is 27.3. The third-order valence-electron chi connectivity index (χ3n) is 3.90. The minimum absolute atomic E-state index is 0.106. The topological polar surface area (TPSA) is 137 Å². The van der Waals surface area contributed by atoms with Crippen molar-refractivity contribution >= 4 is 11.8 Å². The number of carbonyl (C=O) groups excluding carboxylic acids is 1. The molecule has 1 aliphatic heterocycles. The average molecular weight is 387 g/mol. The fourth-order valence-corrected chi connectivity index (χ4v) is 2.47. The molecule has 1 aliphatic rings. The van der Waals surface area contributed by atoms with Crippen LogP contribution in [0.2, 0.25) is 0 Å². The van der Waals surface area contributed by atoms with Crippen LogP contribution in [0.1, 0.15) is 20.1 Å². The van der Waals surface area contributed by atoms with Crippen LogP contribution < -0.4 is 11.4 Å². The summed E-state index contributed by atoms with van der Waals surface area (Å²) in [5.41, 5.74) is 3.48. The van der Waals surface area contributed by atoms with Crippen LogP contribution in [-0.4, -0.2) is 50.1 Å². The Bertz CT molecular complexity index is 832. The van der Waals surface area contributed by atoms with Crippen LogP contribution in [0.3, 0.4) is 0 Å². The van der Waals surface area contributed by atoms with Crippen LogP contribution in [0.5, 0.6) is 0 Å². The van der Waals surface area contributed by atoms with E-state index in [4.69, 9.17) is 15.2 Å². The van der Waals surface area contributed by atoms with E-state index < -0.39 is 54.3 Å². The van der Waals surface area contributed by atoms with Crippen molar-refractivity contribution in [3.63, 3.8) is 0 Å². The molecule has 4 atom stereocenters. The van der Waals surface area contributed by atoms with Crippen LogP contribution in [0.15, 0.2) is 34.9 Å². The van der Waals surface area contributed by atoms with E-state index in [9.17, 15) is 28.6 Å². The first kappa shape index (κ1) is 20.7. The molecule has 0 bridgehead atoms. The van der Waals surface area contributed by atoms with E-state index in [1.807, 2.05) is 0 Å². The highest BCUT2D eigenvalue weighted by atomic mass is 19.3. The van der Waals surface area contributed by atoms with Gasteiger partial charge in [0, 0.05) is 12.3 Å². The number of aromatic nitrogens is 2. The first-order valence-corrected chi connectivity index (χ1v) is 7.92. The molecule has 1 fully saturated rings. The fraction of sp³-hybridized carbons (Fsp3) is 0.500. The van der Waals surface area contributed by atoms with Crippen molar-refractivity contribution in [1.29, 1.82) is 0 Å². The third-order valence-corrected chi connectivity index (χ3v) is 3.90. The van der Waals surface area contributed by atoms with Gasteiger partial charge in [-0.3, -0.25) is 9.36 Å². The second-order valence-corrected chi connectivity index (χ2v) is 6.24. The molecule has 0 radical (unpaired) electrons. The lowest BCUT2D eigenvalue weighted by Gasteiger charge is -2.27. The molecular weight excluding hydrogens is 368 g/mol. The van der Waals surface area contributed by atoms with Gasteiger partial charge in [-0.15, -0.1) is 0 Å². The van der Waals surface area contributed by atoms with Crippen LogP contribution in [-0.2, 0) is 14.3 Å². The van der Waals surface area contributed by atoms with Crippen molar-refractivity contribution in [2.24, 2.45) is 5.92 Å². The van der Waals surface area contributed by atoms with Gasteiger partial charge in [0.05, 0.1) is 5.92 Å². The lowest BCUT2D eigenvalue weighted by atomic mass is 9.94. The molecule has 11 heteroatoms. The van der Waals surface area contributed by atoms with Gasteiger partial charge in [-0.2, -0.15) is 13.8 Å². The van der Waals surface area contributed by atoms with Crippen LogP contribution in [0, 0.1) is 5.92 Å². The van der Waals surface area contributed by atoms with E-state index in [1.165, 1.54) is 11.8 Å². The van der Waals surface area contributed by atoms with Crippen molar-refractivity contribution in [3.8, 4) is 0 Å². The number of halogens is 2. The van der Waals surface area contributed by atoms with E-state index in [0.29, 0.717) is 6.08 Å². The Hall–Kier alpha value is -2.59. The summed E-state index contributed by atoms with van der Waals surface area (Å²) in [6, 6.07) is 1.22. The summed E-state index contributed by atoms with van der Waals surface area (Å²) >= 11 is 0. The molecule has 148 valence electrons. The second kappa shape index (κ2) is 7.97. The maximum atomic E-state index is 12.5. The summed E-state index contributed by atoms with van der Waals surface area (Å²) in [4.78, 5) is 27.1. The number of aliphatic hydroxyl groups is 2. The minimum atomic E-state index is -2.47. The third kappa shape index (κ3) is 4.40. The summed E-state index contributed by atoms with van der Waals surface area (Å²) in [5, 5.41) is 21.2. The number of hydrogen-bond donors (Lipinski definition) is 3. The van der Waals surface area contributed by atoms with E-state index >= 15 is 0 Å². The summed E-state index contributed by atoms with van der Waals surface area (Å²) in [6.07, 6.45) is -5.38. The Morgan fingerprint density at radius 3 is 2.81 bits per heavy atom. The van der Waals surface area contributed by atoms with Gasteiger partial charge >= 0.3 is 17.7 Å². The molecule has 0 spiro atoms. The molecule has 0 aliphatic carbocycles. The number of aliphatic hydroxyl groups excluding tert-OH is 1. The molecule has 0 aromatic carbocycles. The van der Waals surface area contributed by atoms with E-state index in [2.05, 4.69) is 4.98 Å². The molecule has 0 amide bonds. The monoisotopic (exact) mass is 387 g/mol. The molecule has 1 saturated heterocycles. The minimum Gasteiger partial charge on any atom is -0.463 e. The lowest BCUT2D eigenvalue weighted by Crippen LogP contribution is -2.47. The van der Waals surface area contributed by atoms with Crippen LogP contribution in [0.25, 0.3) is 0 Å². The molecule has 9 nitrogen and oxygen atoms in total. The molecule has 2 heterocycles. The summed E-state index contributed by atoms with van der Waals surface area (Å²) in [7, 11) is 0. The number of esters is 1. The van der Waals surface area contributed by atoms with Gasteiger partial charge in [-0.1, -0.05) is 19.6 Å². The predicted molar refractivity (Wildman–Crippen MR) is 87.4 cm³/mol. The predicted octanol–water partition coefficient (Wildman–Crippen LogP) is -0.0504. The standard InChI is InChI=1S/C16H19F2N3O6/c1-8(2)13(23)26-7-9-12(22)16(25,5-3-10(17)18)14(27-9)21-6-4-11(19)20-15(21)24/h4-6,8-9,12,14,22,25H,7H2,1-2H3,(H2,19,20,24)/t9-,12-,14-,16-/m1/s1. The second-order valence-electron chi connectivity index (χ2n) is 6.24. The van der Waals surface area contributed by atoms with Gasteiger partial charge in [0.2, 0.25) is 0 Å². The Morgan fingerprint density at radius 2 is 2.26 bits per heavy atom. The first-order chi connectivity index (χ1) is 12.6. The summed E-state index contributed by atoms with van der Waals surface area (Å²) < 4.78 is 36.1. The molecule has 1 aromatic rings. The van der Waals surface area contributed by atoms with Crippen LogP contribution >= 0.6 is 0 Å². The number of rotatable bonds is 5. The Kier molecular flexibility index (Phi) is 6.11. The zero-order valence-electron chi connectivity index (χ0n) is 14.5. The number of ether oxygens (including phenoxy) is 2. The van der Waals surface area contributed by atoms with E-state index in [0.717, 1.165) is 10.8 Å². The van der Waals surface area contributed by atoms with Crippen molar-refractivity contribution in [2.75, 3.05) is 12.3 Å². The first-order valence-electron chi connectivity index (χ1n) is 7.92. The smallest absolute Gasteiger partial charge is 0.351 e. The van der Waals surface area contributed by atoms with Gasteiger partial charge in [0.15, 0.2) is 11.8 Å². The number of nitrogens with two attached hydrogens (primary N) is 1. The van der Waals surface area contributed by atoms with E-state index in [1.54, 1.807) is 13.8 Å². The fourth-order valence-electron chi connectivity index (χ4n) is 2.47. The highest BCUT2D eigenvalue weighted by Crippen LogP contribution is 2.39. The molecule has 27 heavy (non-hydrogen) atoms. The highest BCUT2D eigenvalue weighted by molar-refractivity contribution is 5.71. The molecule has 1 aromatic heterocycles. The van der Waals surface area contributed by atoms with Gasteiger partial charge in [-0.05, 0) is 6.07 Å². The largest absolute Gasteiger partial charge is 0.463 e. The summed E-state index contributed by atoms with van der Waals surface area (Å²) in [6.45, 7) is 2.71. The van der Waals surface area contributed by atoms with Crippen molar-refractivity contribution in [1.82, 2.24) is 9.55 Å². The Morgan fingerprint density at radius 1 is 1.59 bits per heavy atom. The lowest BCUT2D eigenvalue weighted by molar-refractivity contribution is -0.153. The SMILES string of the molecule is CC(C)C(=O)OC[C@H]1O[C@@H](n2ccc(N)nc2=O)[C@@](O)(C=C=C(F)F)[C@@H]1O. The Balaban J connectivity index is 2.41. The quantitative estimate of drug-likeness (QED) is 0.472. The zero-order valence-corrected chi connectivity index (χ0v) is 14.5. The van der Waals surface area contributed by atoms with E-state index in [-0.39, 0.29) is 5.82 Å². The number of nitrogen functional groups attached to an aromatic ring is 1. The zero-order chi connectivity index (χ0) is 20.4. The number of carbonyl (C=O) groups is 1. The van der Waals surface area contributed by atoms with Gasteiger partial charge in [-0.25, -0.2) is 4.79 Å². The molecule has 0 saturated carbocycles. The Labute approximate surface area is 152 Å². The van der Waals surface area contributed by atoms with Crippen molar-refractivity contribution < 1.29 is 33.3 Å². The van der Waals surface area contributed by atoms with Crippen molar-refractivity contribution in [3.05, 3.63) is 40.6 Å². The van der Waals surface area contributed by atoms with Crippen molar-refractivity contribution in [2.45, 2.75) is 37.9 Å². The molecular formula is C16H19F2N3O6. The summed E-state index contributed by atoms with van der Waals surface area (Å²) in [5.74, 6) is -1.15. The molecule has 0 unspecified atom stereocenters. The number of anilines is 1. The van der Waals surface area contributed by atoms with Crippen LogP contribution in [0.4, 0.5) is 14.6 Å². The maximum Gasteiger partial charge on any atom is 0.351 e. The highest BCUT2D eigenvalue weighted by Gasteiger charge is 2.55. The average Bonchev–Trinajstić information content (AvgIpc) is 2.83. The maximum absolute atomic E-state index is 12.5.